The molecule has 0 amide bonds. The number of ether oxygens (including phenoxy) is 1. The van der Waals surface area contributed by atoms with Crippen LogP contribution in [0.3, 0.4) is 0 Å². The van der Waals surface area contributed by atoms with E-state index in [0.29, 0.717) is 5.41 Å². The van der Waals surface area contributed by atoms with Crippen molar-refractivity contribution in [3.05, 3.63) is 0 Å². The van der Waals surface area contributed by atoms with Gasteiger partial charge in [-0.3, -0.25) is 0 Å². The molecule has 0 spiro atoms. The minimum atomic E-state index is 0.634. The lowest BCUT2D eigenvalue weighted by Crippen LogP contribution is -2.40. The Labute approximate surface area is 101 Å². The van der Waals surface area contributed by atoms with Gasteiger partial charge in [0.15, 0.2) is 0 Å². The number of methoxy groups -OCH3 is 1. The molecule has 1 saturated heterocycles. The Kier molecular flexibility index (Phi) is 4.08. The SMILES string of the molecule is COCC1CCCN(CC2(CBr)CC2)C1. The lowest BCUT2D eigenvalue weighted by atomic mass is 9.97. The fourth-order valence-corrected chi connectivity index (χ4v) is 3.39. The van der Waals surface area contributed by atoms with Crippen molar-refractivity contribution in [2.75, 3.05) is 38.7 Å². The second-order valence-electron chi connectivity index (χ2n) is 5.33. The van der Waals surface area contributed by atoms with Crippen LogP contribution in [0.4, 0.5) is 0 Å². The average Bonchev–Trinajstić information content (AvgIpc) is 3.00. The smallest absolute Gasteiger partial charge is 0.0502 e. The molecule has 15 heavy (non-hydrogen) atoms. The van der Waals surface area contributed by atoms with Crippen molar-refractivity contribution in [2.24, 2.45) is 11.3 Å². The number of piperidine rings is 1. The molecule has 88 valence electrons. The van der Waals surface area contributed by atoms with Crippen LogP contribution in [0, 0.1) is 11.3 Å². The van der Waals surface area contributed by atoms with E-state index in [4.69, 9.17) is 4.74 Å². The Morgan fingerprint density at radius 1 is 1.47 bits per heavy atom. The lowest BCUT2D eigenvalue weighted by Gasteiger charge is -2.34. The van der Waals surface area contributed by atoms with Gasteiger partial charge in [-0.25, -0.2) is 0 Å². The molecule has 2 nitrogen and oxygen atoms in total. The molecule has 1 aliphatic carbocycles. The van der Waals surface area contributed by atoms with E-state index in [0.717, 1.165) is 12.5 Å². The van der Waals surface area contributed by atoms with Crippen molar-refractivity contribution in [1.82, 2.24) is 4.90 Å². The Balaban J connectivity index is 1.77. The summed E-state index contributed by atoms with van der Waals surface area (Å²) in [6.07, 6.45) is 5.55. The standard InChI is InChI=1S/C12H22BrNO/c1-15-8-11-3-2-6-14(7-11)10-12(9-13)4-5-12/h11H,2-10H2,1H3. The molecule has 0 N–H and O–H groups in total. The van der Waals surface area contributed by atoms with Gasteiger partial charge in [0.05, 0.1) is 6.61 Å². The molecule has 3 heteroatoms. The summed E-state index contributed by atoms with van der Waals surface area (Å²) in [5, 5.41) is 1.19. The van der Waals surface area contributed by atoms with Gasteiger partial charge in [0.25, 0.3) is 0 Å². The number of nitrogens with zero attached hydrogens (tertiary/aromatic N) is 1. The predicted octanol–water partition coefficient (Wildman–Crippen LogP) is 2.52. The summed E-state index contributed by atoms with van der Waals surface area (Å²) in [5.41, 5.74) is 0.634. The minimum Gasteiger partial charge on any atom is -0.384 e. The molecule has 0 aromatic heterocycles. The molecule has 0 aromatic carbocycles. The number of hydrogen-bond donors (Lipinski definition) is 0. The lowest BCUT2D eigenvalue weighted by molar-refractivity contribution is 0.0822. The van der Waals surface area contributed by atoms with Gasteiger partial charge in [0, 0.05) is 25.5 Å². The van der Waals surface area contributed by atoms with E-state index in [9.17, 15) is 0 Å². The van der Waals surface area contributed by atoms with Crippen LogP contribution in [0.15, 0.2) is 0 Å². The summed E-state index contributed by atoms with van der Waals surface area (Å²) in [5.74, 6) is 0.773. The molecule has 1 heterocycles. The Morgan fingerprint density at radius 3 is 2.87 bits per heavy atom. The Bertz CT molecular complexity index is 204. The van der Waals surface area contributed by atoms with Gasteiger partial charge in [-0.05, 0) is 43.6 Å². The van der Waals surface area contributed by atoms with Gasteiger partial charge >= 0.3 is 0 Å². The van der Waals surface area contributed by atoms with Gasteiger partial charge < -0.3 is 9.64 Å². The van der Waals surface area contributed by atoms with Crippen LogP contribution in [-0.2, 0) is 4.74 Å². The minimum absolute atomic E-state index is 0.634. The highest BCUT2D eigenvalue weighted by Gasteiger charge is 2.43. The molecule has 0 bridgehead atoms. The molecule has 2 fully saturated rings. The molecule has 1 saturated carbocycles. The van der Waals surface area contributed by atoms with Crippen molar-refractivity contribution in [3.8, 4) is 0 Å². The second-order valence-corrected chi connectivity index (χ2v) is 5.89. The van der Waals surface area contributed by atoms with Gasteiger partial charge in [0.2, 0.25) is 0 Å². The third-order valence-corrected chi connectivity index (χ3v) is 4.99. The predicted molar refractivity (Wildman–Crippen MR) is 66.5 cm³/mol. The highest BCUT2D eigenvalue weighted by Crippen LogP contribution is 2.47. The van der Waals surface area contributed by atoms with Crippen LogP contribution in [0.2, 0.25) is 0 Å². The highest BCUT2D eigenvalue weighted by molar-refractivity contribution is 9.09. The largest absolute Gasteiger partial charge is 0.384 e. The summed E-state index contributed by atoms with van der Waals surface area (Å²) in [6, 6.07) is 0. The molecule has 0 aromatic rings. The van der Waals surface area contributed by atoms with Crippen LogP contribution >= 0.6 is 15.9 Å². The summed E-state index contributed by atoms with van der Waals surface area (Å²) >= 11 is 3.65. The molecule has 1 unspecified atom stereocenters. The molecule has 1 atom stereocenters. The van der Waals surface area contributed by atoms with Gasteiger partial charge in [-0.2, -0.15) is 0 Å². The van der Waals surface area contributed by atoms with E-state index >= 15 is 0 Å². The van der Waals surface area contributed by atoms with E-state index < -0.39 is 0 Å². The number of alkyl halides is 1. The van der Waals surface area contributed by atoms with Crippen molar-refractivity contribution in [1.29, 1.82) is 0 Å². The number of hydrogen-bond acceptors (Lipinski definition) is 2. The Hall–Kier alpha value is 0.400. The highest BCUT2D eigenvalue weighted by atomic mass is 79.9. The number of rotatable bonds is 5. The summed E-state index contributed by atoms with van der Waals surface area (Å²) in [4.78, 5) is 2.65. The van der Waals surface area contributed by atoms with Crippen molar-refractivity contribution in [2.45, 2.75) is 25.7 Å². The van der Waals surface area contributed by atoms with Gasteiger partial charge in [0.1, 0.15) is 0 Å². The van der Waals surface area contributed by atoms with E-state index in [1.165, 1.54) is 50.6 Å². The maximum Gasteiger partial charge on any atom is 0.0502 e. The number of likely N-dealkylation sites (tertiary alicyclic amines) is 1. The first-order valence-electron chi connectivity index (χ1n) is 6.05. The van der Waals surface area contributed by atoms with E-state index in [2.05, 4.69) is 20.8 Å². The summed E-state index contributed by atoms with van der Waals surface area (Å²) in [7, 11) is 1.82. The van der Waals surface area contributed by atoms with Crippen LogP contribution in [0.1, 0.15) is 25.7 Å². The zero-order valence-corrected chi connectivity index (χ0v) is 11.3. The monoisotopic (exact) mass is 275 g/mol. The topological polar surface area (TPSA) is 12.5 Å². The van der Waals surface area contributed by atoms with Crippen LogP contribution in [0.25, 0.3) is 0 Å². The third kappa shape index (κ3) is 3.18. The fraction of sp³-hybridized carbons (Fsp3) is 1.00. The average molecular weight is 276 g/mol. The third-order valence-electron chi connectivity index (χ3n) is 3.81. The normalized spacial score (nSPS) is 30.4. The van der Waals surface area contributed by atoms with Crippen molar-refractivity contribution in [3.63, 3.8) is 0 Å². The van der Waals surface area contributed by atoms with Gasteiger partial charge in [-0.15, -0.1) is 0 Å². The molecular weight excluding hydrogens is 254 g/mol. The summed E-state index contributed by atoms with van der Waals surface area (Å²) < 4.78 is 5.27. The molecule has 1 aliphatic heterocycles. The quantitative estimate of drug-likeness (QED) is 0.715. The first-order valence-corrected chi connectivity index (χ1v) is 7.17. The maximum atomic E-state index is 5.27. The molecule has 0 radical (unpaired) electrons. The van der Waals surface area contributed by atoms with Crippen molar-refractivity contribution >= 4 is 15.9 Å². The maximum absolute atomic E-state index is 5.27. The van der Waals surface area contributed by atoms with Crippen LogP contribution in [-0.4, -0.2) is 43.6 Å². The Morgan fingerprint density at radius 2 is 2.27 bits per heavy atom. The zero-order chi connectivity index (χ0) is 10.7. The first kappa shape index (κ1) is 11.9. The first-order chi connectivity index (χ1) is 7.28. The molecular formula is C12H22BrNO. The number of halogens is 1. The van der Waals surface area contributed by atoms with Crippen LogP contribution in [0.5, 0.6) is 0 Å². The summed E-state index contributed by atoms with van der Waals surface area (Å²) in [6.45, 7) is 4.80. The zero-order valence-electron chi connectivity index (χ0n) is 9.67. The molecule has 2 aliphatic rings. The van der Waals surface area contributed by atoms with Gasteiger partial charge in [-0.1, -0.05) is 15.9 Å². The van der Waals surface area contributed by atoms with E-state index in [-0.39, 0.29) is 0 Å². The van der Waals surface area contributed by atoms with Crippen LogP contribution < -0.4 is 0 Å². The second kappa shape index (κ2) is 5.15. The van der Waals surface area contributed by atoms with E-state index in [1.54, 1.807) is 0 Å². The molecule has 2 rings (SSSR count). The van der Waals surface area contributed by atoms with E-state index in [1.807, 2.05) is 7.11 Å². The van der Waals surface area contributed by atoms with Crippen molar-refractivity contribution < 1.29 is 4.74 Å². The fourth-order valence-electron chi connectivity index (χ4n) is 2.65.